The molecule has 1 heterocycles. The molecule has 1 amide bonds. The second kappa shape index (κ2) is 8.28. The minimum atomic E-state index is -1.05. The van der Waals surface area contributed by atoms with Crippen molar-refractivity contribution in [3.8, 4) is 5.88 Å². The van der Waals surface area contributed by atoms with Crippen molar-refractivity contribution in [1.82, 2.24) is 9.88 Å². The summed E-state index contributed by atoms with van der Waals surface area (Å²) >= 11 is 0. The summed E-state index contributed by atoms with van der Waals surface area (Å²) in [6.45, 7) is 6.55. The van der Waals surface area contributed by atoms with Gasteiger partial charge in [-0.15, -0.1) is 0 Å². The lowest BCUT2D eigenvalue weighted by Gasteiger charge is -2.37. The van der Waals surface area contributed by atoms with Gasteiger partial charge in [-0.1, -0.05) is 0 Å². The molecule has 0 radical (unpaired) electrons. The lowest BCUT2D eigenvalue weighted by Crippen LogP contribution is -2.38. The molecule has 1 aromatic heterocycles. The van der Waals surface area contributed by atoms with Gasteiger partial charge in [-0.05, 0) is 51.1 Å². The molecule has 7 nitrogen and oxygen atoms in total. The molecule has 1 aliphatic rings. The monoisotopic (exact) mass is 436 g/mol. The first-order valence-corrected chi connectivity index (χ1v) is 9.92. The van der Waals surface area contributed by atoms with Gasteiger partial charge in [0.15, 0.2) is 11.6 Å². The van der Waals surface area contributed by atoms with Crippen LogP contribution in [0.5, 0.6) is 5.88 Å². The van der Waals surface area contributed by atoms with Crippen LogP contribution in [0.1, 0.15) is 63.9 Å². The van der Waals surface area contributed by atoms with Crippen LogP contribution in [0.25, 0.3) is 10.8 Å². The second-order valence-electron chi connectivity index (χ2n) is 8.51. The van der Waals surface area contributed by atoms with Crippen molar-refractivity contribution >= 4 is 22.8 Å². The van der Waals surface area contributed by atoms with Crippen LogP contribution in [0.2, 0.25) is 0 Å². The molecule has 0 N–H and O–H groups in total. The summed E-state index contributed by atoms with van der Waals surface area (Å²) in [5.74, 6) is -2.51. The number of carbonyl (C=O) groups excluding carboxylic acids is 2. The number of aromatic nitrogens is 1. The molecule has 31 heavy (non-hydrogen) atoms. The van der Waals surface area contributed by atoms with Gasteiger partial charge in [0.25, 0.3) is 0 Å². The van der Waals surface area contributed by atoms with E-state index in [9.17, 15) is 18.4 Å². The van der Waals surface area contributed by atoms with Crippen LogP contribution in [0.4, 0.5) is 13.6 Å². The van der Waals surface area contributed by atoms with E-state index in [1.165, 1.54) is 18.9 Å². The normalized spacial score (nSPS) is 18.3. The van der Waals surface area contributed by atoms with Gasteiger partial charge in [0, 0.05) is 24.9 Å². The molecule has 0 saturated carbocycles. The second-order valence-corrected chi connectivity index (χ2v) is 8.51. The van der Waals surface area contributed by atoms with Crippen LogP contribution < -0.4 is 4.74 Å². The molecule has 3 rings (SSSR count). The van der Waals surface area contributed by atoms with Gasteiger partial charge in [-0.3, -0.25) is 4.79 Å². The zero-order chi connectivity index (χ0) is 23.1. The minimum Gasteiger partial charge on any atom is -0.481 e. The van der Waals surface area contributed by atoms with Gasteiger partial charge in [-0.25, -0.2) is 18.6 Å². The number of benzene rings is 1. The number of amides is 1. The van der Waals surface area contributed by atoms with E-state index < -0.39 is 41.4 Å². The lowest BCUT2D eigenvalue weighted by molar-refractivity contribution is -0.148. The maximum absolute atomic E-state index is 14.2. The van der Waals surface area contributed by atoms with Crippen LogP contribution in [0.3, 0.4) is 0 Å². The Kier molecular flexibility index (Phi) is 6.07. The molecule has 0 fully saturated rings. The van der Waals surface area contributed by atoms with Gasteiger partial charge in [-0.2, -0.15) is 0 Å². The number of pyridine rings is 1. The topological polar surface area (TPSA) is 78.0 Å². The average molecular weight is 436 g/mol. The number of nitrogens with zero attached hydrogens (tertiary/aromatic N) is 2. The third kappa shape index (κ3) is 4.55. The van der Waals surface area contributed by atoms with E-state index in [0.29, 0.717) is 29.5 Å². The van der Waals surface area contributed by atoms with Gasteiger partial charge in [0.2, 0.25) is 5.88 Å². The first-order chi connectivity index (χ1) is 14.4. The smallest absolute Gasteiger partial charge is 0.410 e. The predicted octanol–water partition coefficient (Wildman–Crippen LogP) is 4.83. The van der Waals surface area contributed by atoms with E-state index in [1.807, 2.05) is 0 Å². The summed E-state index contributed by atoms with van der Waals surface area (Å²) in [6.07, 6.45) is -0.485. The molecule has 2 atom stereocenters. The maximum Gasteiger partial charge on any atom is 0.410 e. The Labute approximate surface area is 179 Å². The maximum atomic E-state index is 14.2. The summed E-state index contributed by atoms with van der Waals surface area (Å²) < 4.78 is 44.5. The Balaban J connectivity index is 2.23. The molecule has 0 saturated heterocycles. The number of methoxy groups -OCH3 is 1. The number of hydrogen-bond donors (Lipinski definition) is 0. The number of rotatable bonds is 3. The molecule has 1 unspecified atom stereocenters. The van der Waals surface area contributed by atoms with Crippen molar-refractivity contribution in [3.05, 3.63) is 35.0 Å². The zero-order valence-corrected chi connectivity index (χ0v) is 18.4. The highest BCUT2D eigenvalue weighted by atomic mass is 19.2. The molecule has 1 aromatic carbocycles. The first kappa shape index (κ1) is 22.7. The average Bonchev–Trinajstić information content (AvgIpc) is 2.66. The molecule has 0 spiro atoms. The first-order valence-electron chi connectivity index (χ1n) is 9.92. The number of hydrogen-bond acceptors (Lipinski definition) is 6. The van der Waals surface area contributed by atoms with Crippen molar-refractivity contribution in [3.63, 3.8) is 0 Å². The predicted molar refractivity (Wildman–Crippen MR) is 109 cm³/mol. The van der Waals surface area contributed by atoms with E-state index in [4.69, 9.17) is 14.2 Å². The number of esters is 1. The summed E-state index contributed by atoms with van der Waals surface area (Å²) in [4.78, 5) is 30.3. The van der Waals surface area contributed by atoms with Crippen LogP contribution in [-0.2, 0) is 14.3 Å². The van der Waals surface area contributed by atoms with E-state index in [1.54, 1.807) is 27.8 Å². The number of halogens is 2. The Morgan fingerprint density at radius 1 is 1.13 bits per heavy atom. The minimum absolute atomic E-state index is 0.0744. The third-order valence-electron chi connectivity index (χ3n) is 5.07. The number of fused-ring (bicyclic) bond motifs is 3. The van der Waals surface area contributed by atoms with Crippen LogP contribution in [0, 0.1) is 11.6 Å². The fourth-order valence-electron chi connectivity index (χ4n) is 3.82. The fraction of sp³-hybridized carbons (Fsp3) is 0.500. The summed E-state index contributed by atoms with van der Waals surface area (Å²) in [5.41, 5.74) is 0.108. The Morgan fingerprint density at radius 2 is 1.74 bits per heavy atom. The SMILES string of the molecule is COc1nc2c(c3cc(F)c(F)cc13)[C@H](N(C)C(=O)OC(C)(C)C)CCC2OC(C)=O. The highest BCUT2D eigenvalue weighted by Gasteiger charge is 2.38. The third-order valence-corrected chi connectivity index (χ3v) is 5.07. The van der Waals surface area contributed by atoms with Crippen molar-refractivity contribution in [2.24, 2.45) is 0 Å². The molecule has 1 aliphatic carbocycles. The van der Waals surface area contributed by atoms with Crippen molar-refractivity contribution < 1.29 is 32.6 Å². The zero-order valence-electron chi connectivity index (χ0n) is 18.4. The van der Waals surface area contributed by atoms with Gasteiger partial charge in [0.1, 0.15) is 11.7 Å². The fourth-order valence-corrected chi connectivity index (χ4v) is 3.82. The Hall–Kier alpha value is -2.97. The van der Waals surface area contributed by atoms with Gasteiger partial charge in [0.05, 0.1) is 18.8 Å². The molecule has 168 valence electrons. The summed E-state index contributed by atoms with van der Waals surface area (Å²) in [6, 6.07) is 1.51. The molecule has 9 heteroatoms. The van der Waals surface area contributed by atoms with Crippen LogP contribution in [-0.4, -0.2) is 41.7 Å². The van der Waals surface area contributed by atoms with E-state index in [2.05, 4.69) is 4.98 Å². The van der Waals surface area contributed by atoms with E-state index in [0.717, 1.165) is 12.1 Å². The van der Waals surface area contributed by atoms with Crippen molar-refractivity contribution in [2.75, 3.05) is 14.2 Å². The van der Waals surface area contributed by atoms with E-state index >= 15 is 0 Å². The molecule has 0 bridgehead atoms. The molecule has 0 aliphatic heterocycles. The van der Waals surface area contributed by atoms with Crippen molar-refractivity contribution in [1.29, 1.82) is 0 Å². The standard InChI is InChI=1S/C22H26F2N2O5/c1-11(27)30-17-8-7-16(26(5)21(28)31-22(2,3)4)18-12-9-14(23)15(24)10-13(12)20(29-6)25-19(17)18/h9-10,16-17H,7-8H2,1-6H3/t16-,17?/m1/s1. The Bertz CT molecular complexity index is 1030. The Morgan fingerprint density at radius 3 is 2.29 bits per heavy atom. The molecule has 2 aromatic rings. The van der Waals surface area contributed by atoms with E-state index in [-0.39, 0.29) is 11.3 Å². The van der Waals surface area contributed by atoms with Crippen LogP contribution in [0.15, 0.2) is 12.1 Å². The highest BCUT2D eigenvalue weighted by Crippen LogP contribution is 2.45. The van der Waals surface area contributed by atoms with Gasteiger partial charge >= 0.3 is 12.1 Å². The highest BCUT2D eigenvalue weighted by molar-refractivity contribution is 5.91. The van der Waals surface area contributed by atoms with Crippen LogP contribution >= 0.6 is 0 Å². The van der Waals surface area contributed by atoms with Gasteiger partial charge < -0.3 is 19.1 Å². The largest absolute Gasteiger partial charge is 0.481 e. The van der Waals surface area contributed by atoms with Crippen molar-refractivity contribution in [2.45, 2.75) is 58.3 Å². The lowest BCUT2D eigenvalue weighted by atomic mass is 9.85. The molecular formula is C22H26F2N2O5. The number of carbonyl (C=O) groups is 2. The summed E-state index contributed by atoms with van der Waals surface area (Å²) in [7, 11) is 2.94. The summed E-state index contributed by atoms with van der Waals surface area (Å²) in [5, 5.41) is 0.587. The quantitative estimate of drug-likeness (QED) is 0.642. The molecular weight excluding hydrogens is 410 g/mol. The number of ether oxygens (including phenoxy) is 3.